The van der Waals surface area contributed by atoms with E-state index in [4.69, 9.17) is 0 Å². The van der Waals surface area contributed by atoms with Crippen molar-refractivity contribution in [1.29, 1.82) is 0 Å². The molecule has 1 spiro atoms. The van der Waals surface area contributed by atoms with Crippen molar-refractivity contribution in [2.45, 2.75) is 44.7 Å². The molecule has 0 unspecified atom stereocenters. The predicted octanol–water partition coefficient (Wildman–Crippen LogP) is 1.71. The third-order valence-corrected chi connectivity index (χ3v) is 5.16. The average molecular weight is 257 g/mol. The first-order valence-corrected chi connectivity index (χ1v) is 7.49. The first-order chi connectivity index (χ1) is 8.20. The summed E-state index contributed by atoms with van der Waals surface area (Å²) < 4.78 is 2.14. The van der Waals surface area contributed by atoms with Gasteiger partial charge >= 0.3 is 0 Å². The van der Waals surface area contributed by atoms with E-state index in [0.29, 0.717) is 5.54 Å². The number of likely N-dealkylation sites (tertiary alicyclic amines) is 1. The zero-order valence-electron chi connectivity index (χ0n) is 11.5. The van der Waals surface area contributed by atoms with Gasteiger partial charge in [0.2, 0.25) is 0 Å². The summed E-state index contributed by atoms with van der Waals surface area (Å²) in [4.78, 5) is 5.22. The van der Waals surface area contributed by atoms with Crippen LogP contribution in [0.5, 0.6) is 0 Å². The number of nitrogens with zero attached hydrogens (tertiary/aromatic N) is 3. The van der Waals surface area contributed by atoms with Crippen LogP contribution in [0.15, 0.2) is 0 Å². The Morgan fingerprint density at radius 3 is 2.00 bits per heavy atom. The largest absolute Gasteiger partial charge is 0.300 e. The Bertz CT molecular complexity index is 245. The predicted molar refractivity (Wildman–Crippen MR) is 76.5 cm³/mol. The van der Waals surface area contributed by atoms with Crippen molar-refractivity contribution in [1.82, 2.24) is 14.1 Å². The van der Waals surface area contributed by atoms with Crippen LogP contribution in [-0.2, 0) is 0 Å². The monoisotopic (exact) mass is 257 g/mol. The highest BCUT2D eigenvalue weighted by Crippen LogP contribution is 2.48. The molecule has 2 aliphatic heterocycles. The van der Waals surface area contributed by atoms with Gasteiger partial charge in [-0.25, -0.2) is 0 Å². The van der Waals surface area contributed by atoms with E-state index < -0.39 is 0 Å². The third kappa shape index (κ3) is 2.50. The SMILES string of the molecule is CC.CN1CCC12CC(N1CCN(S)CC1)C2. The second-order valence-electron chi connectivity index (χ2n) is 5.45. The molecule has 3 aliphatic rings. The maximum absolute atomic E-state index is 4.39. The van der Waals surface area contributed by atoms with E-state index in [1.807, 2.05) is 13.8 Å². The van der Waals surface area contributed by atoms with E-state index in [-0.39, 0.29) is 0 Å². The van der Waals surface area contributed by atoms with Crippen LogP contribution in [0.3, 0.4) is 0 Å². The zero-order chi connectivity index (χ0) is 12.5. The van der Waals surface area contributed by atoms with Crippen LogP contribution in [0.1, 0.15) is 33.1 Å². The van der Waals surface area contributed by atoms with Crippen molar-refractivity contribution < 1.29 is 0 Å². The Morgan fingerprint density at radius 1 is 1.00 bits per heavy atom. The Balaban J connectivity index is 0.000000514. The van der Waals surface area contributed by atoms with Crippen LogP contribution in [-0.4, -0.2) is 65.5 Å². The van der Waals surface area contributed by atoms with E-state index in [9.17, 15) is 0 Å². The van der Waals surface area contributed by atoms with Crippen LogP contribution in [0, 0.1) is 0 Å². The standard InChI is InChI=1S/C11H21N3S.C2H6/c1-12-3-2-11(12)8-10(9-11)13-4-6-14(15)7-5-13;1-2/h10,15H,2-9H2,1H3;1-2H3. The van der Waals surface area contributed by atoms with Gasteiger partial charge < -0.3 is 4.90 Å². The lowest BCUT2D eigenvalue weighted by Gasteiger charge is -2.63. The minimum atomic E-state index is 0.628. The molecule has 17 heavy (non-hydrogen) atoms. The van der Waals surface area contributed by atoms with Gasteiger partial charge in [-0.2, -0.15) is 0 Å². The molecule has 0 amide bonds. The summed E-state index contributed by atoms with van der Waals surface area (Å²) in [5.41, 5.74) is 0.628. The first kappa shape index (κ1) is 13.7. The molecule has 0 aromatic heterocycles. The van der Waals surface area contributed by atoms with Crippen molar-refractivity contribution in [2.24, 2.45) is 0 Å². The molecule has 2 heterocycles. The molecule has 1 aliphatic carbocycles. The second kappa shape index (κ2) is 5.47. The molecule has 3 nitrogen and oxygen atoms in total. The van der Waals surface area contributed by atoms with E-state index in [1.165, 1.54) is 38.9 Å². The minimum absolute atomic E-state index is 0.628. The van der Waals surface area contributed by atoms with E-state index in [1.54, 1.807) is 0 Å². The van der Waals surface area contributed by atoms with Gasteiger partial charge in [0.05, 0.1) is 0 Å². The first-order valence-electron chi connectivity index (χ1n) is 7.09. The van der Waals surface area contributed by atoms with Gasteiger partial charge in [-0.1, -0.05) is 26.7 Å². The summed E-state index contributed by atoms with van der Waals surface area (Å²) in [5, 5.41) is 0. The minimum Gasteiger partial charge on any atom is -0.300 e. The number of hydrogen-bond donors (Lipinski definition) is 1. The fraction of sp³-hybridized carbons (Fsp3) is 1.00. The summed E-state index contributed by atoms with van der Waals surface area (Å²) >= 11 is 4.39. The molecule has 100 valence electrons. The quantitative estimate of drug-likeness (QED) is 0.717. The zero-order valence-corrected chi connectivity index (χ0v) is 12.4. The molecular formula is C13H27N3S. The summed E-state index contributed by atoms with van der Waals surface area (Å²) in [5.74, 6) is 0. The number of thiol groups is 1. The molecule has 0 aromatic carbocycles. The second-order valence-corrected chi connectivity index (χ2v) is 6.01. The van der Waals surface area contributed by atoms with Gasteiger partial charge in [-0.3, -0.25) is 9.21 Å². The molecule has 0 radical (unpaired) electrons. The lowest BCUT2D eigenvalue weighted by molar-refractivity contribution is -0.106. The van der Waals surface area contributed by atoms with Crippen molar-refractivity contribution in [3.05, 3.63) is 0 Å². The molecule has 1 saturated carbocycles. The number of rotatable bonds is 1. The lowest BCUT2D eigenvalue weighted by atomic mass is 9.64. The summed E-state index contributed by atoms with van der Waals surface area (Å²) in [6.07, 6.45) is 4.26. The molecule has 3 rings (SSSR count). The van der Waals surface area contributed by atoms with Gasteiger partial charge in [-0.05, 0) is 26.3 Å². The Kier molecular flexibility index (Phi) is 4.40. The van der Waals surface area contributed by atoms with Crippen LogP contribution >= 0.6 is 12.8 Å². The van der Waals surface area contributed by atoms with Crippen LogP contribution in [0.25, 0.3) is 0 Å². The van der Waals surface area contributed by atoms with Crippen molar-refractivity contribution in [3.8, 4) is 0 Å². The summed E-state index contributed by atoms with van der Waals surface area (Å²) in [6.45, 7) is 10.0. The Morgan fingerprint density at radius 2 is 1.59 bits per heavy atom. The maximum Gasteiger partial charge on any atom is 0.0248 e. The van der Waals surface area contributed by atoms with Crippen molar-refractivity contribution in [2.75, 3.05) is 39.8 Å². The molecule has 0 N–H and O–H groups in total. The highest BCUT2D eigenvalue weighted by atomic mass is 32.1. The smallest absolute Gasteiger partial charge is 0.0248 e. The molecule has 3 fully saturated rings. The third-order valence-electron chi connectivity index (χ3n) is 4.76. The average Bonchev–Trinajstić information content (AvgIpc) is 2.31. The lowest BCUT2D eigenvalue weighted by Crippen LogP contribution is -2.70. The molecule has 2 saturated heterocycles. The highest BCUT2D eigenvalue weighted by Gasteiger charge is 2.53. The molecule has 4 heteroatoms. The molecule has 0 atom stereocenters. The van der Waals surface area contributed by atoms with Crippen LogP contribution in [0.4, 0.5) is 0 Å². The van der Waals surface area contributed by atoms with E-state index in [2.05, 4.69) is 34.0 Å². The highest BCUT2D eigenvalue weighted by molar-refractivity contribution is 7.77. The Hall–Kier alpha value is 0.230. The van der Waals surface area contributed by atoms with Gasteiger partial charge in [-0.15, -0.1) is 0 Å². The number of hydrogen-bond acceptors (Lipinski definition) is 4. The molecule has 0 aromatic rings. The molecule has 0 bridgehead atoms. The van der Waals surface area contributed by atoms with Crippen molar-refractivity contribution >= 4 is 12.8 Å². The van der Waals surface area contributed by atoms with Gasteiger partial charge in [0.1, 0.15) is 0 Å². The maximum atomic E-state index is 4.39. The summed E-state index contributed by atoms with van der Waals surface area (Å²) in [7, 11) is 2.28. The van der Waals surface area contributed by atoms with Gasteiger partial charge in [0, 0.05) is 44.3 Å². The van der Waals surface area contributed by atoms with E-state index in [0.717, 1.165) is 19.1 Å². The fourth-order valence-corrected chi connectivity index (χ4v) is 3.50. The fourth-order valence-electron chi connectivity index (χ4n) is 3.32. The van der Waals surface area contributed by atoms with Gasteiger partial charge in [0.15, 0.2) is 0 Å². The van der Waals surface area contributed by atoms with Crippen LogP contribution < -0.4 is 0 Å². The van der Waals surface area contributed by atoms with Crippen LogP contribution in [0.2, 0.25) is 0 Å². The Labute approximate surface area is 112 Å². The van der Waals surface area contributed by atoms with Gasteiger partial charge in [0.25, 0.3) is 0 Å². The molecular weight excluding hydrogens is 230 g/mol. The van der Waals surface area contributed by atoms with Crippen molar-refractivity contribution in [3.63, 3.8) is 0 Å². The van der Waals surface area contributed by atoms with E-state index >= 15 is 0 Å². The topological polar surface area (TPSA) is 9.72 Å². The normalized spacial score (nSPS) is 39.2. The number of piperazine rings is 1. The summed E-state index contributed by atoms with van der Waals surface area (Å²) in [6, 6.07) is 0.870.